The fourth-order valence-corrected chi connectivity index (χ4v) is 0. The number of halogens is 1. The second kappa shape index (κ2) is 8.45. The Morgan fingerprint density at radius 3 is 1.25 bits per heavy atom. The van der Waals surface area contributed by atoms with Gasteiger partial charge in [-0.2, -0.15) is 8.42 Å². The van der Waals surface area contributed by atoms with Crippen molar-refractivity contribution in [2.24, 2.45) is 0 Å². The average molecular weight is 217 g/mol. The van der Waals surface area contributed by atoms with Crippen molar-refractivity contribution in [3.63, 3.8) is 0 Å². The fourth-order valence-electron chi connectivity index (χ4n) is 0. The number of hydrogen-bond donors (Lipinski definition) is 2. The van der Waals surface area contributed by atoms with Gasteiger partial charge in [0, 0.05) is 17.1 Å². The molecule has 0 amide bonds. The minimum Gasteiger partial charge on any atom is -1.00 e. The molecule has 8 heteroatoms. The van der Waals surface area contributed by atoms with Gasteiger partial charge in [0.1, 0.15) is 0 Å². The van der Waals surface area contributed by atoms with Crippen LogP contribution in [0.3, 0.4) is 0 Å². The molecule has 0 aromatic carbocycles. The summed E-state index contributed by atoms with van der Waals surface area (Å²) in [6.07, 6.45) is 0. The van der Waals surface area contributed by atoms with Crippen LogP contribution in [-0.2, 0) is 27.5 Å². The third-order valence-corrected chi connectivity index (χ3v) is 0. The zero-order valence-corrected chi connectivity index (χ0v) is 7.74. The first-order valence-corrected chi connectivity index (χ1v) is 2.10. The van der Waals surface area contributed by atoms with E-state index in [1.807, 2.05) is 0 Å². The molecular weight excluding hydrogens is 212 g/mol. The molecule has 0 aliphatic heterocycles. The van der Waals surface area contributed by atoms with Crippen LogP contribution in [0.4, 0.5) is 0 Å². The van der Waals surface area contributed by atoms with E-state index in [0.29, 0.717) is 0 Å². The first-order valence-electron chi connectivity index (χ1n) is 0.698. The predicted octanol–water partition coefficient (Wildman–Crippen LogP) is -0.389. The van der Waals surface area contributed by atoms with Crippen molar-refractivity contribution in [1.29, 1.82) is 0 Å². The van der Waals surface area contributed by atoms with E-state index in [1.165, 1.54) is 0 Å². The van der Waals surface area contributed by atoms with Gasteiger partial charge in [-0.15, -0.1) is 12.4 Å². The molecule has 0 radical (unpaired) electrons. The molecule has 0 atom stereocenters. The Morgan fingerprint density at radius 2 is 1.25 bits per heavy atom. The summed E-state index contributed by atoms with van der Waals surface area (Å²) >= 11 is 0. The van der Waals surface area contributed by atoms with Crippen LogP contribution in [0, 0.1) is 0 Å². The van der Waals surface area contributed by atoms with E-state index >= 15 is 0 Å². The van der Waals surface area contributed by atoms with E-state index < -0.39 is 10.4 Å². The second-order valence-electron chi connectivity index (χ2n) is 0.448. The molecule has 0 aliphatic rings. The van der Waals surface area contributed by atoms with Crippen LogP contribution in [0.15, 0.2) is 0 Å². The van der Waals surface area contributed by atoms with Gasteiger partial charge in [0.25, 0.3) is 0 Å². The van der Waals surface area contributed by atoms with Gasteiger partial charge in [-0.3, -0.25) is 9.11 Å². The largest absolute Gasteiger partial charge is 2.00 e. The van der Waals surface area contributed by atoms with Gasteiger partial charge >= 0.3 is 33.5 Å². The van der Waals surface area contributed by atoms with Crippen molar-refractivity contribution in [2.75, 3.05) is 0 Å². The molecule has 0 aliphatic carbocycles. The van der Waals surface area contributed by atoms with Crippen LogP contribution in [0.2, 0.25) is 0 Å². The summed E-state index contributed by atoms with van der Waals surface area (Å²) in [5.74, 6) is 0. The zero-order chi connectivity index (χ0) is 4.50. The van der Waals surface area contributed by atoms with Crippen LogP contribution in [0.5, 0.6) is 0 Å². The molecule has 0 saturated carbocycles. The summed E-state index contributed by atoms with van der Waals surface area (Å²) in [7, 11) is -4.67. The van der Waals surface area contributed by atoms with Crippen LogP contribution in [0.25, 0.3) is 0 Å². The van der Waals surface area contributed by atoms with E-state index in [-0.39, 0.29) is 55.4 Å². The maximum atomic E-state index is 8.74. The molecule has 0 saturated heterocycles. The molecule has 2 N–H and O–H groups in total. The zero-order valence-electron chi connectivity index (χ0n) is 5.59. The van der Waals surface area contributed by atoms with Gasteiger partial charge in [-0.05, 0) is 0 Å². The maximum absolute atomic E-state index is 8.74. The summed E-state index contributed by atoms with van der Waals surface area (Å²) in [5.41, 5.74) is 0. The topological polar surface area (TPSA) is 74.6 Å². The normalized spacial score (nSPS) is 7.25. The molecule has 0 aromatic rings. The van der Waals surface area contributed by atoms with E-state index in [9.17, 15) is 0 Å². The third-order valence-electron chi connectivity index (χ3n) is 0. The number of rotatable bonds is 0. The Hall–Kier alpha value is 1.45. The van der Waals surface area contributed by atoms with Crippen molar-refractivity contribution in [3.05, 3.63) is 0 Å². The van der Waals surface area contributed by atoms with Crippen LogP contribution < -0.4 is 0 Å². The molecular formula is H5ClFeMgO4S. The molecule has 8 heavy (non-hydrogen) atoms. The molecule has 0 aromatic heterocycles. The standard InChI is InChI=1S/ClH.Fe.Mg.H2O4S.2H/c;;;1-5(2,3)4;;/h1H;;;(H2,1,2,3,4);;/q;;+2;;2*-1. The predicted molar refractivity (Wildman–Crippen MR) is 29.4 cm³/mol. The first kappa shape index (κ1) is 22.7. The Balaban J connectivity index is -0.00000000800. The Labute approximate surface area is 83.0 Å². The molecule has 0 unspecified atom stereocenters. The minimum absolute atomic E-state index is 0. The third kappa shape index (κ3) is 148. The van der Waals surface area contributed by atoms with Crippen molar-refractivity contribution in [1.82, 2.24) is 0 Å². The average Bonchev–Trinajstić information content (AvgIpc) is 0.722. The minimum atomic E-state index is -4.67. The van der Waals surface area contributed by atoms with Crippen LogP contribution in [-0.4, -0.2) is 40.6 Å². The molecule has 0 bridgehead atoms. The molecule has 52 valence electrons. The molecule has 0 rings (SSSR count). The quantitative estimate of drug-likeness (QED) is 0.427. The van der Waals surface area contributed by atoms with E-state index in [1.54, 1.807) is 0 Å². The van der Waals surface area contributed by atoms with Crippen molar-refractivity contribution >= 4 is 45.9 Å². The monoisotopic (exact) mass is 216 g/mol. The Bertz CT molecular complexity index is 106. The number of hydrogen-bond acceptors (Lipinski definition) is 2. The summed E-state index contributed by atoms with van der Waals surface area (Å²) in [5, 5.41) is 0. The second-order valence-corrected chi connectivity index (χ2v) is 1.34. The van der Waals surface area contributed by atoms with E-state index in [2.05, 4.69) is 0 Å². The van der Waals surface area contributed by atoms with E-state index in [4.69, 9.17) is 17.5 Å². The molecule has 4 nitrogen and oxygen atoms in total. The van der Waals surface area contributed by atoms with Gasteiger partial charge in [0.15, 0.2) is 0 Å². The fraction of sp³-hybridized carbons (Fsp3) is 0. The SMILES string of the molecule is Cl.O=S(=O)(O)O.[Fe].[H-].[H-].[Mg+2]. The van der Waals surface area contributed by atoms with Gasteiger partial charge in [0.2, 0.25) is 0 Å². The summed E-state index contributed by atoms with van der Waals surface area (Å²) in [6.45, 7) is 0. The van der Waals surface area contributed by atoms with Gasteiger partial charge < -0.3 is 2.85 Å². The van der Waals surface area contributed by atoms with Gasteiger partial charge in [-0.25, -0.2) is 0 Å². The Kier molecular flexibility index (Phi) is 24.0. The van der Waals surface area contributed by atoms with Crippen molar-refractivity contribution in [3.8, 4) is 0 Å². The van der Waals surface area contributed by atoms with Crippen molar-refractivity contribution < 1.29 is 37.4 Å². The maximum Gasteiger partial charge on any atom is 2.00 e. The summed E-state index contributed by atoms with van der Waals surface area (Å²) in [4.78, 5) is 0. The summed E-state index contributed by atoms with van der Waals surface area (Å²) < 4.78 is 31.6. The first-order chi connectivity index (χ1) is 2.00. The molecule has 0 spiro atoms. The van der Waals surface area contributed by atoms with Crippen LogP contribution in [0.1, 0.15) is 2.85 Å². The molecule has 0 fully saturated rings. The van der Waals surface area contributed by atoms with E-state index in [0.717, 1.165) is 0 Å². The van der Waals surface area contributed by atoms with Gasteiger partial charge in [0.05, 0.1) is 0 Å². The molecule has 0 heterocycles. The van der Waals surface area contributed by atoms with Gasteiger partial charge in [-0.1, -0.05) is 0 Å². The smallest absolute Gasteiger partial charge is 1.00 e. The summed E-state index contributed by atoms with van der Waals surface area (Å²) in [6, 6.07) is 0. The van der Waals surface area contributed by atoms with Crippen molar-refractivity contribution in [2.45, 2.75) is 0 Å². The van der Waals surface area contributed by atoms with Crippen LogP contribution >= 0.6 is 12.4 Å². The Morgan fingerprint density at radius 1 is 1.25 bits per heavy atom.